The lowest BCUT2D eigenvalue weighted by Crippen LogP contribution is -2.13. The van der Waals surface area contributed by atoms with Crippen molar-refractivity contribution in [2.24, 2.45) is 0 Å². The van der Waals surface area contributed by atoms with E-state index in [1.807, 2.05) is 42.9 Å². The van der Waals surface area contributed by atoms with Gasteiger partial charge in [-0.05, 0) is 39.8 Å². The second-order valence-electron chi connectivity index (χ2n) is 6.42. The van der Waals surface area contributed by atoms with E-state index >= 15 is 0 Å². The number of aromatic nitrogens is 2. The molecule has 154 valence electrons. The van der Waals surface area contributed by atoms with E-state index in [1.165, 1.54) is 23.1 Å². The number of hydrogen-bond acceptors (Lipinski definition) is 7. The SMILES string of the molecule is CCOC(=O)c1c(C(=O)CSCc2csc(-c3ccco3)n2)c(C)n(CC)c1C. The van der Waals surface area contributed by atoms with Gasteiger partial charge >= 0.3 is 5.97 Å². The topological polar surface area (TPSA) is 74.3 Å². The molecule has 3 rings (SSSR count). The minimum absolute atomic E-state index is 0.0626. The fraction of sp³-hybridized carbons (Fsp3) is 0.381. The number of Topliss-reactive ketones (excluding diaryl/α,β-unsaturated/α-hetero) is 1. The van der Waals surface area contributed by atoms with Crippen molar-refractivity contribution in [1.29, 1.82) is 0 Å². The fourth-order valence-electron chi connectivity index (χ4n) is 3.36. The maximum absolute atomic E-state index is 13.0. The van der Waals surface area contributed by atoms with E-state index in [4.69, 9.17) is 9.15 Å². The maximum Gasteiger partial charge on any atom is 0.340 e. The molecule has 0 amide bonds. The van der Waals surface area contributed by atoms with Crippen LogP contribution in [0.4, 0.5) is 0 Å². The van der Waals surface area contributed by atoms with Gasteiger partial charge < -0.3 is 13.7 Å². The van der Waals surface area contributed by atoms with E-state index < -0.39 is 5.97 Å². The van der Waals surface area contributed by atoms with Crippen molar-refractivity contribution in [3.05, 3.63) is 52.0 Å². The number of ether oxygens (including phenoxy) is 1. The summed E-state index contributed by atoms with van der Waals surface area (Å²) < 4.78 is 12.5. The number of esters is 1. The summed E-state index contributed by atoms with van der Waals surface area (Å²) in [7, 11) is 0. The van der Waals surface area contributed by atoms with Crippen molar-refractivity contribution < 1.29 is 18.7 Å². The molecule has 0 saturated carbocycles. The molecule has 6 nitrogen and oxygen atoms in total. The van der Waals surface area contributed by atoms with Gasteiger partial charge in [0, 0.05) is 29.1 Å². The van der Waals surface area contributed by atoms with Gasteiger partial charge in [0.2, 0.25) is 0 Å². The van der Waals surface area contributed by atoms with Crippen LogP contribution in [-0.4, -0.2) is 33.7 Å². The van der Waals surface area contributed by atoms with E-state index in [1.54, 1.807) is 13.2 Å². The van der Waals surface area contributed by atoms with E-state index in [2.05, 4.69) is 4.98 Å². The molecule has 0 radical (unpaired) electrons. The highest BCUT2D eigenvalue weighted by Crippen LogP contribution is 2.28. The summed E-state index contributed by atoms with van der Waals surface area (Å²) in [6.07, 6.45) is 1.62. The number of furan rings is 1. The van der Waals surface area contributed by atoms with Crippen LogP contribution in [0.5, 0.6) is 0 Å². The highest BCUT2D eigenvalue weighted by Gasteiger charge is 2.27. The van der Waals surface area contributed by atoms with Crippen molar-refractivity contribution in [3.8, 4) is 10.8 Å². The third kappa shape index (κ3) is 4.48. The van der Waals surface area contributed by atoms with Gasteiger partial charge in [-0.3, -0.25) is 4.79 Å². The zero-order valence-corrected chi connectivity index (χ0v) is 18.6. The standard InChI is InChI=1S/C21H24N2O4S2/c1-5-23-13(3)18(19(14(23)4)21(25)26-6-2)16(24)12-28-10-15-11-29-20(22-15)17-8-7-9-27-17/h7-9,11H,5-6,10,12H2,1-4H3. The van der Waals surface area contributed by atoms with Crippen molar-refractivity contribution in [2.45, 2.75) is 40.0 Å². The Morgan fingerprint density at radius 1 is 1.24 bits per heavy atom. The Hall–Kier alpha value is -2.32. The Kier molecular flexibility index (Phi) is 6.97. The zero-order valence-electron chi connectivity index (χ0n) is 17.0. The minimum Gasteiger partial charge on any atom is -0.462 e. The molecule has 0 spiro atoms. The van der Waals surface area contributed by atoms with Crippen molar-refractivity contribution in [1.82, 2.24) is 9.55 Å². The predicted molar refractivity (Wildman–Crippen MR) is 116 cm³/mol. The first-order chi connectivity index (χ1) is 14.0. The molecule has 0 aliphatic carbocycles. The largest absolute Gasteiger partial charge is 0.462 e. The molecule has 0 atom stereocenters. The summed E-state index contributed by atoms with van der Waals surface area (Å²) in [6.45, 7) is 8.47. The van der Waals surface area contributed by atoms with Crippen molar-refractivity contribution in [2.75, 3.05) is 12.4 Å². The molecule has 0 aliphatic heterocycles. The number of thioether (sulfide) groups is 1. The first-order valence-corrected chi connectivity index (χ1v) is 11.5. The molecule has 3 aromatic rings. The number of thiazole rings is 1. The lowest BCUT2D eigenvalue weighted by atomic mass is 10.1. The smallest absolute Gasteiger partial charge is 0.340 e. The van der Waals surface area contributed by atoms with Gasteiger partial charge in [0.05, 0.1) is 35.4 Å². The second kappa shape index (κ2) is 9.45. The lowest BCUT2D eigenvalue weighted by molar-refractivity contribution is 0.0522. The van der Waals surface area contributed by atoms with Gasteiger partial charge in [-0.25, -0.2) is 9.78 Å². The molecule has 3 aromatic heterocycles. The Morgan fingerprint density at radius 3 is 2.66 bits per heavy atom. The molecule has 0 saturated heterocycles. The van der Waals surface area contributed by atoms with Crippen LogP contribution in [0.15, 0.2) is 28.2 Å². The zero-order chi connectivity index (χ0) is 21.0. The van der Waals surface area contributed by atoms with Gasteiger partial charge in [-0.15, -0.1) is 23.1 Å². The quantitative estimate of drug-likeness (QED) is 0.344. The number of nitrogens with zero attached hydrogens (tertiary/aromatic N) is 2. The molecule has 0 N–H and O–H groups in total. The monoisotopic (exact) mass is 432 g/mol. The van der Waals surface area contributed by atoms with E-state index in [9.17, 15) is 9.59 Å². The molecule has 0 fully saturated rings. The Labute approximate surface area is 178 Å². The number of carbonyl (C=O) groups is 2. The molecule has 0 aliphatic rings. The normalized spacial score (nSPS) is 11.0. The van der Waals surface area contributed by atoms with Gasteiger partial charge in [-0.2, -0.15) is 0 Å². The summed E-state index contributed by atoms with van der Waals surface area (Å²) in [5.74, 6) is 1.13. The van der Waals surface area contributed by atoms with Crippen LogP contribution < -0.4 is 0 Å². The molecular formula is C21H24N2O4S2. The van der Waals surface area contributed by atoms with Gasteiger partial charge in [-0.1, -0.05) is 0 Å². The third-order valence-corrected chi connectivity index (χ3v) is 6.50. The third-order valence-electron chi connectivity index (χ3n) is 4.62. The number of carbonyl (C=O) groups excluding carboxylic acids is 2. The average Bonchev–Trinajstić information content (AvgIpc) is 3.41. The molecule has 0 aromatic carbocycles. The molecule has 0 bridgehead atoms. The van der Waals surface area contributed by atoms with Crippen LogP contribution in [0.3, 0.4) is 0 Å². The minimum atomic E-state index is -0.434. The van der Waals surface area contributed by atoms with Crippen LogP contribution in [0.2, 0.25) is 0 Å². The highest BCUT2D eigenvalue weighted by molar-refractivity contribution is 7.99. The summed E-state index contributed by atoms with van der Waals surface area (Å²) >= 11 is 3.01. The predicted octanol–water partition coefficient (Wildman–Crippen LogP) is 5.13. The Bertz CT molecular complexity index is 1000. The summed E-state index contributed by atoms with van der Waals surface area (Å²) in [5.41, 5.74) is 3.37. The Morgan fingerprint density at radius 2 is 2.00 bits per heavy atom. The lowest BCUT2D eigenvalue weighted by Gasteiger charge is -2.05. The van der Waals surface area contributed by atoms with Crippen LogP contribution in [0, 0.1) is 13.8 Å². The van der Waals surface area contributed by atoms with E-state index in [0.29, 0.717) is 23.4 Å². The first-order valence-electron chi connectivity index (χ1n) is 9.43. The summed E-state index contributed by atoms with van der Waals surface area (Å²) in [6, 6.07) is 3.71. The second-order valence-corrected chi connectivity index (χ2v) is 8.27. The van der Waals surface area contributed by atoms with Crippen molar-refractivity contribution in [3.63, 3.8) is 0 Å². The fourth-order valence-corrected chi connectivity index (χ4v) is 5.04. The van der Waals surface area contributed by atoms with Crippen LogP contribution in [0.1, 0.15) is 51.6 Å². The first kappa shape index (κ1) is 21.4. The van der Waals surface area contributed by atoms with Gasteiger partial charge in [0.25, 0.3) is 0 Å². The molecule has 0 unspecified atom stereocenters. The van der Waals surface area contributed by atoms with E-state index in [-0.39, 0.29) is 18.1 Å². The molecular weight excluding hydrogens is 408 g/mol. The van der Waals surface area contributed by atoms with Crippen LogP contribution >= 0.6 is 23.1 Å². The number of hydrogen-bond donors (Lipinski definition) is 0. The molecule has 29 heavy (non-hydrogen) atoms. The average molecular weight is 433 g/mol. The molecule has 3 heterocycles. The van der Waals surface area contributed by atoms with E-state index in [0.717, 1.165) is 27.8 Å². The molecule has 8 heteroatoms. The van der Waals surface area contributed by atoms with Crippen LogP contribution in [-0.2, 0) is 17.0 Å². The van der Waals surface area contributed by atoms with Gasteiger partial charge in [0.15, 0.2) is 16.6 Å². The number of rotatable bonds is 9. The number of ketones is 1. The van der Waals surface area contributed by atoms with Gasteiger partial charge in [0.1, 0.15) is 0 Å². The maximum atomic E-state index is 13.0. The highest BCUT2D eigenvalue weighted by atomic mass is 32.2. The van der Waals surface area contributed by atoms with Crippen molar-refractivity contribution >= 4 is 34.9 Å². The summed E-state index contributed by atoms with van der Waals surface area (Å²) in [5, 5.41) is 2.80. The van der Waals surface area contributed by atoms with Crippen LogP contribution in [0.25, 0.3) is 10.8 Å². The Balaban J connectivity index is 1.71. The summed E-state index contributed by atoms with van der Waals surface area (Å²) in [4.78, 5) is 30.0.